The summed E-state index contributed by atoms with van der Waals surface area (Å²) >= 11 is 0. The van der Waals surface area contributed by atoms with E-state index in [9.17, 15) is 4.79 Å². The molecule has 0 radical (unpaired) electrons. The normalized spacial score (nSPS) is 9.53. The van der Waals surface area contributed by atoms with Crippen LogP contribution in [0, 0.1) is 11.3 Å². The van der Waals surface area contributed by atoms with Crippen molar-refractivity contribution in [3.8, 4) is 11.8 Å². The molecule has 1 aromatic rings. The third-order valence-electron chi connectivity index (χ3n) is 2.52. The minimum atomic E-state index is -0.0899. The standard InChI is InChI=1S/C15H18N2O2/c1-4-17(10-12(2)3)15(18)11-19-14-7-5-6-13(8-14)9-16/h5-8H,2,4,10-11H2,1,3H3. The largest absolute Gasteiger partial charge is 0.484 e. The maximum Gasteiger partial charge on any atom is 0.260 e. The molecule has 19 heavy (non-hydrogen) atoms. The molecule has 1 aromatic carbocycles. The maximum absolute atomic E-state index is 11.9. The molecule has 0 aliphatic carbocycles. The van der Waals surface area contributed by atoms with E-state index in [1.165, 1.54) is 0 Å². The van der Waals surface area contributed by atoms with Crippen LogP contribution in [-0.4, -0.2) is 30.5 Å². The fourth-order valence-corrected chi connectivity index (χ4v) is 1.59. The second kappa shape index (κ2) is 7.22. The summed E-state index contributed by atoms with van der Waals surface area (Å²) in [6.07, 6.45) is 0. The molecular formula is C15H18N2O2. The van der Waals surface area contributed by atoms with Crippen LogP contribution in [0.25, 0.3) is 0 Å². The molecule has 4 nitrogen and oxygen atoms in total. The van der Waals surface area contributed by atoms with Gasteiger partial charge in [-0.25, -0.2) is 0 Å². The molecule has 0 saturated heterocycles. The molecule has 0 atom stereocenters. The van der Waals surface area contributed by atoms with Crippen LogP contribution in [0.15, 0.2) is 36.4 Å². The summed E-state index contributed by atoms with van der Waals surface area (Å²) in [5, 5.41) is 8.77. The number of carbonyl (C=O) groups is 1. The zero-order chi connectivity index (χ0) is 14.3. The Balaban J connectivity index is 2.57. The zero-order valence-corrected chi connectivity index (χ0v) is 11.3. The molecule has 0 aliphatic heterocycles. The van der Waals surface area contributed by atoms with E-state index in [4.69, 9.17) is 10.00 Å². The Labute approximate surface area is 113 Å². The van der Waals surface area contributed by atoms with Crippen molar-refractivity contribution in [3.05, 3.63) is 42.0 Å². The Morgan fingerprint density at radius 1 is 1.53 bits per heavy atom. The number of nitriles is 1. The molecule has 4 heteroatoms. The van der Waals surface area contributed by atoms with E-state index in [1.54, 1.807) is 29.2 Å². The number of benzene rings is 1. The molecule has 0 saturated carbocycles. The van der Waals surface area contributed by atoms with E-state index in [0.717, 1.165) is 5.57 Å². The summed E-state index contributed by atoms with van der Waals surface area (Å²) in [5.74, 6) is 0.437. The van der Waals surface area contributed by atoms with Crippen molar-refractivity contribution in [2.75, 3.05) is 19.7 Å². The number of ether oxygens (including phenoxy) is 1. The number of rotatable bonds is 6. The van der Waals surface area contributed by atoms with Gasteiger partial charge in [-0.15, -0.1) is 0 Å². The highest BCUT2D eigenvalue weighted by molar-refractivity contribution is 5.78. The van der Waals surface area contributed by atoms with Crippen molar-refractivity contribution >= 4 is 5.91 Å². The smallest absolute Gasteiger partial charge is 0.260 e. The highest BCUT2D eigenvalue weighted by atomic mass is 16.5. The molecule has 0 aromatic heterocycles. The predicted octanol–water partition coefficient (Wildman–Crippen LogP) is 2.36. The van der Waals surface area contributed by atoms with Crippen LogP contribution in [0.1, 0.15) is 19.4 Å². The molecule has 0 N–H and O–H groups in total. The lowest BCUT2D eigenvalue weighted by molar-refractivity contribution is -0.132. The molecule has 0 fully saturated rings. The van der Waals surface area contributed by atoms with Gasteiger partial charge in [0.2, 0.25) is 0 Å². The van der Waals surface area contributed by atoms with Crippen molar-refractivity contribution in [1.29, 1.82) is 5.26 Å². The number of carbonyl (C=O) groups excluding carboxylic acids is 1. The summed E-state index contributed by atoms with van der Waals surface area (Å²) in [7, 11) is 0. The Hall–Kier alpha value is -2.28. The minimum absolute atomic E-state index is 0.0317. The van der Waals surface area contributed by atoms with Gasteiger partial charge in [-0.2, -0.15) is 5.26 Å². The molecule has 0 spiro atoms. The third kappa shape index (κ3) is 4.84. The van der Waals surface area contributed by atoms with Crippen LogP contribution in [-0.2, 0) is 4.79 Å². The van der Waals surface area contributed by atoms with Gasteiger partial charge in [-0.3, -0.25) is 4.79 Å². The lowest BCUT2D eigenvalue weighted by Crippen LogP contribution is -2.35. The highest BCUT2D eigenvalue weighted by Gasteiger charge is 2.12. The van der Waals surface area contributed by atoms with Gasteiger partial charge in [0.25, 0.3) is 5.91 Å². The molecule has 100 valence electrons. The fourth-order valence-electron chi connectivity index (χ4n) is 1.59. The van der Waals surface area contributed by atoms with E-state index in [1.807, 2.05) is 19.9 Å². The summed E-state index contributed by atoms with van der Waals surface area (Å²) < 4.78 is 5.40. The van der Waals surface area contributed by atoms with Crippen LogP contribution in [0.3, 0.4) is 0 Å². The molecular weight excluding hydrogens is 240 g/mol. The van der Waals surface area contributed by atoms with Crippen molar-refractivity contribution < 1.29 is 9.53 Å². The summed E-state index contributed by atoms with van der Waals surface area (Å²) in [4.78, 5) is 13.6. The predicted molar refractivity (Wildman–Crippen MR) is 73.7 cm³/mol. The second-order valence-electron chi connectivity index (χ2n) is 4.29. The van der Waals surface area contributed by atoms with Gasteiger partial charge in [0.1, 0.15) is 5.75 Å². The lowest BCUT2D eigenvalue weighted by atomic mass is 10.2. The van der Waals surface area contributed by atoms with Crippen LogP contribution in [0.2, 0.25) is 0 Å². The lowest BCUT2D eigenvalue weighted by Gasteiger charge is -2.21. The number of amides is 1. The molecule has 0 aliphatic rings. The van der Waals surface area contributed by atoms with Gasteiger partial charge in [0, 0.05) is 13.1 Å². The average Bonchev–Trinajstić information content (AvgIpc) is 2.42. The second-order valence-corrected chi connectivity index (χ2v) is 4.29. The van der Waals surface area contributed by atoms with Crippen LogP contribution < -0.4 is 4.74 Å². The van der Waals surface area contributed by atoms with Crippen LogP contribution >= 0.6 is 0 Å². The van der Waals surface area contributed by atoms with Crippen LogP contribution in [0.4, 0.5) is 0 Å². The van der Waals surface area contributed by atoms with E-state index in [2.05, 4.69) is 6.58 Å². The molecule has 0 unspecified atom stereocenters. The average molecular weight is 258 g/mol. The minimum Gasteiger partial charge on any atom is -0.484 e. The number of hydrogen-bond acceptors (Lipinski definition) is 3. The van der Waals surface area contributed by atoms with E-state index >= 15 is 0 Å². The molecule has 1 rings (SSSR count). The first-order valence-corrected chi connectivity index (χ1v) is 6.12. The summed E-state index contributed by atoms with van der Waals surface area (Å²) in [6.45, 7) is 8.72. The van der Waals surface area contributed by atoms with Gasteiger partial charge >= 0.3 is 0 Å². The summed E-state index contributed by atoms with van der Waals surface area (Å²) in [6, 6.07) is 8.78. The van der Waals surface area contributed by atoms with Gasteiger partial charge in [-0.1, -0.05) is 18.2 Å². The first kappa shape index (κ1) is 14.8. The number of hydrogen-bond donors (Lipinski definition) is 0. The van der Waals surface area contributed by atoms with Gasteiger partial charge < -0.3 is 9.64 Å². The van der Waals surface area contributed by atoms with E-state index < -0.39 is 0 Å². The fraction of sp³-hybridized carbons (Fsp3) is 0.333. The third-order valence-corrected chi connectivity index (χ3v) is 2.52. The molecule has 1 amide bonds. The van der Waals surface area contributed by atoms with Crippen molar-refractivity contribution in [3.63, 3.8) is 0 Å². The zero-order valence-electron chi connectivity index (χ0n) is 11.3. The van der Waals surface area contributed by atoms with E-state index in [0.29, 0.717) is 24.4 Å². The molecule has 0 bridgehead atoms. The van der Waals surface area contributed by atoms with E-state index in [-0.39, 0.29) is 12.5 Å². The Morgan fingerprint density at radius 2 is 2.26 bits per heavy atom. The topological polar surface area (TPSA) is 53.3 Å². The van der Waals surface area contributed by atoms with Gasteiger partial charge in [-0.05, 0) is 32.0 Å². The van der Waals surface area contributed by atoms with Crippen molar-refractivity contribution in [2.45, 2.75) is 13.8 Å². The number of nitrogens with zero attached hydrogens (tertiary/aromatic N) is 2. The van der Waals surface area contributed by atoms with Crippen LogP contribution in [0.5, 0.6) is 5.75 Å². The maximum atomic E-state index is 11.9. The van der Waals surface area contributed by atoms with Crippen molar-refractivity contribution in [1.82, 2.24) is 4.90 Å². The highest BCUT2D eigenvalue weighted by Crippen LogP contribution is 2.12. The molecule has 0 heterocycles. The first-order chi connectivity index (χ1) is 9.06. The Morgan fingerprint density at radius 3 is 2.84 bits per heavy atom. The Kier molecular flexibility index (Phi) is 5.62. The summed E-state index contributed by atoms with van der Waals surface area (Å²) in [5.41, 5.74) is 1.45. The van der Waals surface area contributed by atoms with Gasteiger partial charge in [0.05, 0.1) is 11.6 Å². The Bertz CT molecular complexity index is 503. The number of likely N-dealkylation sites (N-methyl/N-ethyl adjacent to an activating group) is 1. The van der Waals surface area contributed by atoms with Gasteiger partial charge in [0.15, 0.2) is 6.61 Å². The SMILES string of the molecule is C=C(C)CN(CC)C(=O)COc1cccc(C#N)c1. The quantitative estimate of drug-likeness (QED) is 0.736. The first-order valence-electron chi connectivity index (χ1n) is 6.12. The van der Waals surface area contributed by atoms with Crippen molar-refractivity contribution in [2.24, 2.45) is 0 Å². The monoisotopic (exact) mass is 258 g/mol.